The summed E-state index contributed by atoms with van der Waals surface area (Å²) in [5.41, 5.74) is 12.1. The number of likely N-dealkylation sites (N-methyl/N-ethyl adjacent to an activating group) is 1. The molecule has 6 amide bonds. The Bertz CT molecular complexity index is 3650. The fraction of sp³-hybridized carbons (Fsp3) is 0.547. The van der Waals surface area contributed by atoms with E-state index in [-0.39, 0.29) is 98.8 Å². The van der Waals surface area contributed by atoms with Crippen molar-refractivity contribution in [2.75, 3.05) is 57.6 Å². The quantitative estimate of drug-likeness (QED) is 0.0217. The van der Waals surface area contributed by atoms with Gasteiger partial charge in [-0.05, 0) is 48.3 Å². The summed E-state index contributed by atoms with van der Waals surface area (Å²) in [6.07, 6.45) is -11.9. The SMILES string of the molecule is CC(CC(=O)O)C(=O)NCCC(=O)N[C@H](C(=O)C[C@@H](CCCNC(N)=O)C(=O)Nc1ccc(COC(=O)N(C)CCOC(=O)Cc2ncnc3c2ncn3[C@@H]2O[C@@H]3COP(O)(=S)O[C@H]4[C@@H](F)[C@H](n5cnc6c(N)ncnc65)O[C@@H]4COP(=O)(O)O[C@H]3[C@H]2F)cc1)C(C)C. The molecule has 35 nitrogen and oxygen atoms in total. The Morgan fingerprint density at radius 2 is 1.44 bits per heavy atom. The third-order valence-electron chi connectivity index (χ3n) is 14.9. The number of carboxylic acid groups (broad SMARTS) is 1. The summed E-state index contributed by atoms with van der Waals surface area (Å²) >= 11 is 5.21. The van der Waals surface area contributed by atoms with Gasteiger partial charge in [-0.25, -0.2) is 52.8 Å². The fourth-order valence-corrected chi connectivity index (χ4v) is 12.4. The highest BCUT2D eigenvalue weighted by Crippen LogP contribution is 2.54. The molecule has 11 N–H and O–H groups in total. The summed E-state index contributed by atoms with van der Waals surface area (Å²) in [5.74, 6) is -6.19. The molecule has 3 unspecified atom stereocenters. The number of amides is 6. The number of ether oxygens (including phenoxy) is 4. The number of anilines is 2. The maximum atomic E-state index is 16.6. The first-order valence-electron chi connectivity index (χ1n) is 28.9. The van der Waals surface area contributed by atoms with Gasteiger partial charge in [-0.1, -0.05) is 32.9 Å². The molecule has 1 aromatic carbocycles. The molecule has 3 fully saturated rings. The van der Waals surface area contributed by atoms with Crippen molar-refractivity contribution in [3.05, 3.63) is 60.8 Å². The van der Waals surface area contributed by atoms with Crippen molar-refractivity contribution in [2.45, 2.75) is 121 Å². The number of rotatable bonds is 26. The van der Waals surface area contributed by atoms with Crippen molar-refractivity contribution < 1.29 is 104 Å². The first-order valence-corrected chi connectivity index (χ1v) is 32.9. The number of hydrogen-bond acceptors (Lipinski definition) is 25. The number of Topliss-reactive ketones (excluding diaryl/α,β-unsaturated/α-hetero) is 1. The van der Waals surface area contributed by atoms with E-state index in [2.05, 4.69) is 51.2 Å². The van der Waals surface area contributed by atoms with Gasteiger partial charge in [0.2, 0.25) is 17.7 Å². The molecule has 13 atom stereocenters. The lowest BCUT2D eigenvalue weighted by molar-refractivity contribution is -0.143. The number of nitrogens with one attached hydrogen (secondary N) is 4. The van der Waals surface area contributed by atoms with Gasteiger partial charge in [0.1, 0.15) is 61.3 Å². The number of carboxylic acids is 1. The standard InChI is InChI=1S/C53H69F2N15O20P2S/c1-26(2)40(67-35(72)11-13-58-48(76)27(3)16-36(73)74)32(71)17-29(6-5-12-59-52(57)78)49(77)66-30-9-7-28(8-10-30)19-84-53(79)68(4)14-15-83-37(75)18-31-41-46(62-22-60-31)69(24-64-41)50-38(54)43-34(88-50)21-86-92(82,93)90-44-33(20-85-91(80,81)89-43)87-51(39(44)55)70-25-65-42-45(56)61-23-63-47(42)70/h7-10,22-27,29,33-34,38-40,43-44,50-51H,5-6,11-21H2,1-4H3,(H,58,76)(H,66,77)(H,67,72)(H,73,74)(H,80,81)(H,82,93)(H2,56,61,63)(H3,57,59,78)/t27?,29-,33-,34-,38-,39-,40+,43-,44-,50-,51-,92?/m1/s1. The number of nitrogens with two attached hydrogens (primary N) is 2. The Morgan fingerprint density at radius 3 is 2.09 bits per heavy atom. The Labute approximate surface area is 532 Å². The summed E-state index contributed by atoms with van der Waals surface area (Å²) in [4.78, 5) is 149. The highest BCUT2D eigenvalue weighted by atomic mass is 32.5. The van der Waals surface area contributed by atoms with Crippen LogP contribution in [0.15, 0.2) is 49.6 Å². The molecule has 0 spiro atoms. The van der Waals surface area contributed by atoms with Crippen molar-refractivity contribution in [3.63, 3.8) is 0 Å². The third-order valence-corrected chi connectivity index (χ3v) is 17.4. The van der Waals surface area contributed by atoms with E-state index in [1.807, 2.05) is 0 Å². The molecule has 0 saturated carbocycles. The summed E-state index contributed by atoms with van der Waals surface area (Å²) in [7, 11) is -3.86. The van der Waals surface area contributed by atoms with E-state index in [0.717, 1.165) is 33.0 Å². The lowest BCUT2D eigenvalue weighted by Crippen LogP contribution is -2.46. The van der Waals surface area contributed by atoms with Crippen LogP contribution in [0.2, 0.25) is 0 Å². The number of carbonyl (C=O) groups excluding carboxylic acids is 7. The number of ketones is 1. The number of urea groups is 1. The molecule has 8 rings (SSSR count). The number of alkyl halides is 2. The van der Waals surface area contributed by atoms with Crippen LogP contribution in [0.5, 0.6) is 0 Å². The predicted molar refractivity (Wildman–Crippen MR) is 319 cm³/mol. The zero-order valence-corrected chi connectivity index (χ0v) is 52.9. The zero-order valence-electron chi connectivity index (χ0n) is 50.3. The lowest BCUT2D eigenvalue weighted by Gasteiger charge is -2.28. The number of fused-ring (bicyclic) bond motifs is 4. The summed E-state index contributed by atoms with van der Waals surface area (Å²) in [6, 6.07) is 4.48. The molecule has 4 aromatic heterocycles. The second-order valence-electron chi connectivity index (χ2n) is 22.1. The van der Waals surface area contributed by atoms with Crippen LogP contribution in [0, 0.1) is 17.8 Å². The molecule has 3 saturated heterocycles. The minimum atomic E-state index is -5.26. The van der Waals surface area contributed by atoms with Gasteiger partial charge in [-0.15, -0.1) is 0 Å². The van der Waals surface area contributed by atoms with Crippen LogP contribution in [0.25, 0.3) is 22.3 Å². The van der Waals surface area contributed by atoms with E-state index in [1.54, 1.807) is 38.1 Å². The molecule has 0 aliphatic carbocycles. The lowest BCUT2D eigenvalue weighted by atomic mass is 9.89. The number of esters is 1. The number of imidazole rings is 2. The molecule has 93 heavy (non-hydrogen) atoms. The van der Waals surface area contributed by atoms with Crippen molar-refractivity contribution in [2.24, 2.45) is 23.5 Å². The number of nitrogens with zero attached hydrogens (tertiary/aromatic N) is 9. The van der Waals surface area contributed by atoms with E-state index in [1.165, 1.54) is 20.3 Å². The van der Waals surface area contributed by atoms with Gasteiger partial charge in [0.05, 0.1) is 57.0 Å². The average Bonchev–Trinajstić information content (AvgIpc) is 1.62. The Hall–Kier alpha value is -7.90. The Balaban J connectivity index is 0.797. The molecule has 40 heteroatoms. The van der Waals surface area contributed by atoms with E-state index in [0.29, 0.717) is 11.3 Å². The normalized spacial score (nSPS) is 24.9. The number of halogens is 2. The number of hydrogen-bond donors (Lipinski definition) is 9. The number of nitrogen functional groups attached to an aromatic ring is 1. The molecule has 506 valence electrons. The van der Waals surface area contributed by atoms with Crippen molar-refractivity contribution >= 4 is 108 Å². The van der Waals surface area contributed by atoms with Crippen molar-refractivity contribution in [1.82, 2.24) is 59.9 Å². The number of phosphoric ester groups is 1. The van der Waals surface area contributed by atoms with Gasteiger partial charge in [0.15, 0.2) is 47.7 Å². The number of aliphatic carboxylic acids is 1. The highest BCUT2D eigenvalue weighted by molar-refractivity contribution is 8.07. The van der Waals surface area contributed by atoms with E-state index in [4.69, 9.17) is 65.4 Å². The Kier molecular flexibility index (Phi) is 23.9. The second-order valence-corrected chi connectivity index (χ2v) is 26.3. The minimum absolute atomic E-state index is 0.000752. The molecule has 3 aliphatic heterocycles. The van der Waals surface area contributed by atoms with Gasteiger partial charge >= 0.3 is 38.6 Å². The highest BCUT2D eigenvalue weighted by Gasteiger charge is 2.54. The van der Waals surface area contributed by atoms with Crippen LogP contribution in [-0.2, 0) is 95.2 Å². The first kappa shape index (κ1) is 71.0. The van der Waals surface area contributed by atoms with Crippen LogP contribution in [-0.4, -0.2) is 196 Å². The van der Waals surface area contributed by atoms with Gasteiger partial charge in [-0.2, -0.15) is 0 Å². The number of phosphoric acid groups is 1. The predicted octanol–water partition coefficient (Wildman–Crippen LogP) is 1.93. The van der Waals surface area contributed by atoms with Gasteiger partial charge < -0.3 is 76.0 Å². The smallest absolute Gasteiger partial charge is 0.472 e. The monoisotopic (exact) mass is 1370 g/mol. The summed E-state index contributed by atoms with van der Waals surface area (Å²) < 4.78 is 92.7. The number of aromatic nitrogens is 8. The first-order chi connectivity index (χ1) is 44.1. The largest absolute Gasteiger partial charge is 0.481 e. The molecule has 0 bridgehead atoms. The number of benzene rings is 1. The van der Waals surface area contributed by atoms with Crippen molar-refractivity contribution in [1.29, 1.82) is 0 Å². The molecule has 7 heterocycles. The molecular formula is C53H69F2N15O20P2S. The molecular weight excluding hydrogens is 1300 g/mol. The number of carbonyl (C=O) groups is 8. The number of primary amides is 1. The Morgan fingerprint density at radius 1 is 0.817 bits per heavy atom. The van der Waals surface area contributed by atoms with E-state index in [9.17, 15) is 52.7 Å². The maximum absolute atomic E-state index is 16.6. The average molecular weight is 1370 g/mol. The van der Waals surface area contributed by atoms with E-state index < -0.39 is 155 Å². The second kappa shape index (κ2) is 31.4. The van der Waals surface area contributed by atoms with Gasteiger partial charge in [-0.3, -0.25) is 51.5 Å². The molecule has 0 radical (unpaired) electrons. The van der Waals surface area contributed by atoms with Crippen LogP contribution < -0.4 is 32.7 Å². The van der Waals surface area contributed by atoms with Gasteiger partial charge in [0, 0.05) is 50.5 Å². The molecule has 3 aliphatic rings. The van der Waals surface area contributed by atoms with Crippen LogP contribution in [0.4, 0.5) is 29.9 Å². The van der Waals surface area contributed by atoms with Crippen molar-refractivity contribution in [3.8, 4) is 0 Å². The molecule has 5 aromatic rings. The minimum Gasteiger partial charge on any atom is -0.481 e. The zero-order chi connectivity index (χ0) is 67.5. The van der Waals surface area contributed by atoms with Crippen LogP contribution in [0.3, 0.4) is 0 Å². The summed E-state index contributed by atoms with van der Waals surface area (Å²) in [5, 5.41) is 19.3. The maximum Gasteiger partial charge on any atom is 0.472 e. The summed E-state index contributed by atoms with van der Waals surface area (Å²) in [6.45, 7) is -1.95. The third kappa shape index (κ3) is 18.7. The van der Waals surface area contributed by atoms with Crippen LogP contribution >= 0.6 is 14.5 Å². The van der Waals surface area contributed by atoms with Gasteiger partial charge in [0.25, 0.3) is 0 Å². The van der Waals surface area contributed by atoms with E-state index >= 15 is 8.78 Å². The topological polar surface area (TPSA) is 479 Å². The fourth-order valence-electron chi connectivity index (χ4n) is 10.0. The van der Waals surface area contributed by atoms with Crippen LogP contribution in [0.1, 0.15) is 76.6 Å².